The molecule has 1 aromatic rings. The van der Waals surface area contributed by atoms with Gasteiger partial charge < -0.3 is 24.8 Å². The lowest BCUT2D eigenvalue weighted by atomic mass is 10.1. The molecular weight excluding hydrogens is 356 g/mol. The first-order chi connectivity index (χ1) is 13.3. The molecule has 6 heteroatoms. The fourth-order valence-corrected chi connectivity index (χ4v) is 2.76. The van der Waals surface area contributed by atoms with Crippen LogP contribution in [0.1, 0.15) is 46.6 Å². The molecule has 0 aliphatic heterocycles. The monoisotopic (exact) mass is 394 g/mol. The van der Waals surface area contributed by atoms with Crippen LogP contribution in [-0.2, 0) is 25.4 Å². The van der Waals surface area contributed by atoms with Gasteiger partial charge >= 0.3 is 0 Å². The van der Waals surface area contributed by atoms with Crippen molar-refractivity contribution in [1.29, 1.82) is 0 Å². The van der Waals surface area contributed by atoms with Crippen molar-refractivity contribution >= 4 is 5.91 Å². The highest BCUT2D eigenvalue weighted by molar-refractivity contribution is 5.81. The molecule has 0 radical (unpaired) electrons. The molecule has 0 bridgehead atoms. The summed E-state index contributed by atoms with van der Waals surface area (Å²) < 4.78 is 17.0. The van der Waals surface area contributed by atoms with Gasteiger partial charge in [-0.2, -0.15) is 0 Å². The molecule has 28 heavy (non-hydrogen) atoms. The third-order valence-corrected chi connectivity index (χ3v) is 4.14. The summed E-state index contributed by atoms with van der Waals surface area (Å²) in [5, 5.41) is 0. The first-order valence-corrected chi connectivity index (χ1v) is 10.2. The van der Waals surface area contributed by atoms with Crippen molar-refractivity contribution in [1.82, 2.24) is 4.90 Å². The largest absolute Gasteiger partial charge is 0.374 e. The van der Waals surface area contributed by atoms with Gasteiger partial charge in [0.2, 0.25) is 5.91 Å². The highest BCUT2D eigenvalue weighted by atomic mass is 16.7. The van der Waals surface area contributed by atoms with Crippen molar-refractivity contribution in [2.24, 2.45) is 5.73 Å². The van der Waals surface area contributed by atoms with Crippen LogP contribution in [0.2, 0.25) is 0 Å². The third-order valence-electron chi connectivity index (χ3n) is 4.14. The van der Waals surface area contributed by atoms with Crippen LogP contribution in [0.5, 0.6) is 0 Å². The topological polar surface area (TPSA) is 74.0 Å². The van der Waals surface area contributed by atoms with E-state index in [1.807, 2.05) is 52.8 Å². The van der Waals surface area contributed by atoms with E-state index in [0.29, 0.717) is 26.3 Å². The van der Waals surface area contributed by atoms with Gasteiger partial charge in [-0.1, -0.05) is 30.3 Å². The fraction of sp³-hybridized carbons (Fsp3) is 0.682. The number of hydrogen-bond donors (Lipinski definition) is 1. The van der Waals surface area contributed by atoms with Crippen molar-refractivity contribution in [2.45, 2.75) is 65.4 Å². The lowest BCUT2D eigenvalue weighted by Crippen LogP contribution is -2.50. The molecule has 0 saturated carbocycles. The average molecular weight is 395 g/mol. The summed E-state index contributed by atoms with van der Waals surface area (Å²) in [6.07, 6.45) is 1.28. The molecule has 0 unspecified atom stereocenters. The third kappa shape index (κ3) is 10.2. The van der Waals surface area contributed by atoms with Gasteiger partial charge in [0.25, 0.3) is 0 Å². The molecule has 0 aliphatic rings. The Morgan fingerprint density at radius 2 is 1.71 bits per heavy atom. The Balaban J connectivity index is 2.72. The van der Waals surface area contributed by atoms with Crippen LogP contribution in [0, 0.1) is 0 Å². The number of benzene rings is 1. The van der Waals surface area contributed by atoms with Crippen molar-refractivity contribution in [2.75, 3.05) is 32.9 Å². The molecular formula is C22H38N2O4. The Morgan fingerprint density at radius 1 is 1.11 bits per heavy atom. The van der Waals surface area contributed by atoms with Gasteiger partial charge in [-0.05, 0) is 53.0 Å². The Kier molecular flexibility index (Phi) is 11.3. The summed E-state index contributed by atoms with van der Waals surface area (Å²) in [6.45, 7) is 11.8. The summed E-state index contributed by atoms with van der Waals surface area (Å²) in [6, 6.07) is 9.54. The predicted octanol–water partition coefficient (Wildman–Crippen LogP) is 2.99. The second-order valence-electron chi connectivity index (χ2n) is 7.74. The molecule has 0 saturated heterocycles. The number of nitrogens with zero attached hydrogens (tertiary/aromatic N) is 1. The molecule has 2 N–H and O–H groups in total. The normalized spacial score (nSPS) is 13.0. The maximum Gasteiger partial charge on any atom is 0.242 e. The van der Waals surface area contributed by atoms with Crippen LogP contribution < -0.4 is 5.73 Å². The van der Waals surface area contributed by atoms with Crippen LogP contribution in [0.25, 0.3) is 0 Å². The number of hydrogen-bond acceptors (Lipinski definition) is 5. The zero-order chi connectivity index (χ0) is 21.0. The zero-order valence-electron chi connectivity index (χ0n) is 18.1. The van der Waals surface area contributed by atoms with Gasteiger partial charge in [-0.3, -0.25) is 4.79 Å². The fourth-order valence-electron chi connectivity index (χ4n) is 2.76. The van der Waals surface area contributed by atoms with Gasteiger partial charge in [0.1, 0.15) is 6.04 Å². The quantitative estimate of drug-likeness (QED) is 0.521. The molecule has 1 atom stereocenters. The predicted molar refractivity (Wildman–Crippen MR) is 112 cm³/mol. The number of amides is 1. The Labute approximate surface area is 170 Å². The van der Waals surface area contributed by atoms with Gasteiger partial charge in [0, 0.05) is 19.8 Å². The molecule has 1 amide bonds. The second kappa shape index (κ2) is 12.9. The lowest BCUT2D eigenvalue weighted by Gasteiger charge is -2.30. The van der Waals surface area contributed by atoms with E-state index in [4.69, 9.17) is 19.9 Å². The van der Waals surface area contributed by atoms with Crippen molar-refractivity contribution < 1.29 is 19.0 Å². The summed E-state index contributed by atoms with van der Waals surface area (Å²) >= 11 is 0. The van der Waals surface area contributed by atoms with Crippen LogP contribution in [0.15, 0.2) is 30.3 Å². The van der Waals surface area contributed by atoms with E-state index in [-0.39, 0.29) is 18.1 Å². The Hall–Kier alpha value is -1.47. The number of aryl methyl sites for hydroxylation is 1. The van der Waals surface area contributed by atoms with Crippen LogP contribution in [0.3, 0.4) is 0 Å². The van der Waals surface area contributed by atoms with Crippen molar-refractivity contribution in [3.05, 3.63) is 35.9 Å². The van der Waals surface area contributed by atoms with Crippen LogP contribution >= 0.6 is 0 Å². The molecule has 0 heterocycles. The van der Waals surface area contributed by atoms with E-state index in [9.17, 15) is 4.79 Å². The smallest absolute Gasteiger partial charge is 0.242 e. The van der Waals surface area contributed by atoms with E-state index in [2.05, 4.69) is 12.1 Å². The van der Waals surface area contributed by atoms with Gasteiger partial charge in [0.05, 0.1) is 18.8 Å². The SMILES string of the molecule is CCOC(CN(CCCc1ccccc1)C(=O)[C@@H](N)COC(C)(C)C)OCC. The highest BCUT2D eigenvalue weighted by Crippen LogP contribution is 2.10. The van der Waals surface area contributed by atoms with Crippen molar-refractivity contribution in [3.8, 4) is 0 Å². The minimum atomic E-state index is -0.708. The Morgan fingerprint density at radius 3 is 2.25 bits per heavy atom. The van der Waals surface area contributed by atoms with Gasteiger partial charge in [-0.15, -0.1) is 0 Å². The van der Waals surface area contributed by atoms with E-state index in [0.717, 1.165) is 12.8 Å². The maximum absolute atomic E-state index is 13.0. The van der Waals surface area contributed by atoms with Gasteiger partial charge in [0.15, 0.2) is 6.29 Å². The first-order valence-electron chi connectivity index (χ1n) is 10.2. The van der Waals surface area contributed by atoms with E-state index >= 15 is 0 Å². The molecule has 1 rings (SSSR count). The molecule has 6 nitrogen and oxygen atoms in total. The van der Waals surface area contributed by atoms with Crippen LogP contribution in [0.4, 0.5) is 0 Å². The minimum absolute atomic E-state index is 0.137. The molecule has 160 valence electrons. The van der Waals surface area contributed by atoms with E-state index < -0.39 is 12.3 Å². The second-order valence-corrected chi connectivity index (χ2v) is 7.74. The number of ether oxygens (including phenoxy) is 3. The summed E-state index contributed by atoms with van der Waals surface area (Å²) in [4.78, 5) is 14.7. The molecule has 0 aliphatic carbocycles. The molecule has 0 aromatic heterocycles. The lowest BCUT2D eigenvalue weighted by molar-refractivity contribution is -0.160. The maximum atomic E-state index is 13.0. The molecule has 0 fully saturated rings. The van der Waals surface area contributed by atoms with E-state index in [1.165, 1.54) is 5.56 Å². The number of carbonyl (C=O) groups is 1. The number of nitrogens with two attached hydrogens (primary N) is 1. The van der Waals surface area contributed by atoms with Crippen LogP contribution in [-0.4, -0.2) is 61.7 Å². The minimum Gasteiger partial charge on any atom is -0.374 e. The summed E-state index contributed by atoms with van der Waals surface area (Å²) in [7, 11) is 0. The van der Waals surface area contributed by atoms with E-state index in [1.54, 1.807) is 4.90 Å². The summed E-state index contributed by atoms with van der Waals surface area (Å²) in [5.41, 5.74) is 7.05. The molecule has 0 spiro atoms. The molecule has 1 aromatic carbocycles. The van der Waals surface area contributed by atoms with Crippen molar-refractivity contribution in [3.63, 3.8) is 0 Å². The number of rotatable bonds is 13. The van der Waals surface area contributed by atoms with Gasteiger partial charge in [-0.25, -0.2) is 0 Å². The highest BCUT2D eigenvalue weighted by Gasteiger charge is 2.26. The average Bonchev–Trinajstić information content (AvgIpc) is 2.65. The first kappa shape index (κ1) is 24.6. The zero-order valence-corrected chi connectivity index (χ0v) is 18.1. The number of carbonyl (C=O) groups excluding carboxylic acids is 1. The standard InChI is InChI=1S/C22H38N2O4/c1-6-26-20(27-7-2)16-24(15-11-14-18-12-9-8-10-13-18)21(25)19(23)17-28-22(3,4)5/h8-10,12-13,19-20H,6-7,11,14-17,23H2,1-5H3/t19-/m0/s1. The summed E-state index contributed by atoms with van der Waals surface area (Å²) in [5.74, 6) is -0.137. The Bertz CT molecular complexity index is 539.